The second kappa shape index (κ2) is 7.41. The van der Waals surface area contributed by atoms with Gasteiger partial charge in [0, 0.05) is 12.1 Å². The van der Waals surface area contributed by atoms with Crippen molar-refractivity contribution in [2.45, 2.75) is 25.8 Å². The molecule has 0 saturated heterocycles. The van der Waals surface area contributed by atoms with Crippen LogP contribution in [-0.2, 0) is 9.59 Å². The van der Waals surface area contributed by atoms with Gasteiger partial charge in [0.05, 0.1) is 23.1 Å². The molecule has 1 aliphatic rings. The fourth-order valence-corrected chi connectivity index (χ4v) is 2.97. The van der Waals surface area contributed by atoms with Crippen LogP contribution in [0, 0.1) is 6.92 Å². The van der Waals surface area contributed by atoms with Crippen LogP contribution in [0.25, 0.3) is 0 Å². The van der Waals surface area contributed by atoms with E-state index in [0.29, 0.717) is 10.6 Å². The van der Waals surface area contributed by atoms with Crippen LogP contribution in [0.3, 0.4) is 0 Å². The molecular weight excluding hydrogens is 348 g/mol. The number of rotatable bonds is 6. The third-order valence-corrected chi connectivity index (χ3v) is 4.39. The summed E-state index contributed by atoms with van der Waals surface area (Å²) in [5, 5.41) is 14.2. The number of benzene rings is 2. The van der Waals surface area contributed by atoms with E-state index in [-0.39, 0.29) is 24.0 Å². The SMILES string of the molecule is Cc1ccc(NC(=O)CC[C@@H](C(=O)[O-])N2C(=O)c3ccccc3C2=O)cc1. The molecule has 3 rings (SSSR count). The van der Waals surface area contributed by atoms with E-state index in [4.69, 9.17) is 0 Å². The maximum atomic E-state index is 12.4. The molecule has 1 heterocycles. The molecule has 2 aromatic carbocycles. The number of anilines is 1. The third-order valence-electron chi connectivity index (χ3n) is 4.39. The Balaban J connectivity index is 1.69. The van der Waals surface area contributed by atoms with Gasteiger partial charge in [-0.25, -0.2) is 0 Å². The van der Waals surface area contributed by atoms with Crippen molar-refractivity contribution in [3.05, 3.63) is 65.2 Å². The molecule has 1 N–H and O–H groups in total. The number of amides is 3. The zero-order valence-electron chi connectivity index (χ0n) is 14.6. The van der Waals surface area contributed by atoms with Crippen LogP contribution in [0.1, 0.15) is 39.1 Å². The van der Waals surface area contributed by atoms with Gasteiger partial charge in [0.25, 0.3) is 11.8 Å². The molecule has 0 spiro atoms. The molecule has 1 aliphatic heterocycles. The molecule has 0 unspecified atom stereocenters. The van der Waals surface area contributed by atoms with Crippen LogP contribution in [-0.4, -0.2) is 34.6 Å². The maximum Gasteiger partial charge on any atom is 0.262 e. The number of aryl methyl sites for hydroxylation is 1. The number of hydrogen-bond donors (Lipinski definition) is 1. The molecule has 0 aromatic heterocycles. The summed E-state index contributed by atoms with van der Waals surface area (Å²) in [5.74, 6) is -3.37. The lowest BCUT2D eigenvalue weighted by Crippen LogP contribution is -2.50. The highest BCUT2D eigenvalue weighted by Crippen LogP contribution is 2.26. The van der Waals surface area contributed by atoms with Gasteiger partial charge in [0.15, 0.2) is 0 Å². The quantitative estimate of drug-likeness (QED) is 0.772. The van der Waals surface area contributed by atoms with Gasteiger partial charge in [-0.05, 0) is 37.6 Å². The highest BCUT2D eigenvalue weighted by molar-refractivity contribution is 6.22. The molecule has 0 fully saturated rings. The van der Waals surface area contributed by atoms with Crippen molar-refractivity contribution >= 4 is 29.4 Å². The average molecular weight is 365 g/mol. The van der Waals surface area contributed by atoms with Gasteiger partial charge >= 0.3 is 0 Å². The average Bonchev–Trinajstić information content (AvgIpc) is 2.89. The fraction of sp³-hybridized carbons (Fsp3) is 0.200. The highest BCUT2D eigenvalue weighted by Gasteiger charge is 2.40. The van der Waals surface area contributed by atoms with E-state index in [2.05, 4.69) is 5.32 Å². The number of fused-ring (bicyclic) bond motifs is 1. The minimum atomic E-state index is -1.58. The van der Waals surface area contributed by atoms with E-state index in [1.165, 1.54) is 12.1 Å². The number of aliphatic carboxylic acids is 1. The van der Waals surface area contributed by atoms with Crippen molar-refractivity contribution in [3.8, 4) is 0 Å². The van der Waals surface area contributed by atoms with Crippen LogP contribution in [0.4, 0.5) is 5.69 Å². The first kappa shape index (κ1) is 18.3. The summed E-state index contributed by atoms with van der Waals surface area (Å²) in [6.07, 6.45) is -0.411. The molecule has 1 atom stereocenters. The Morgan fingerprint density at radius 2 is 1.56 bits per heavy atom. The van der Waals surface area contributed by atoms with Crippen LogP contribution >= 0.6 is 0 Å². The second-order valence-electron chi connectivity index (χ2n) is 6.31. The second-order valence-corrected chi connectivity index (χ2v) is 6.31. The van der Waals surface area contributed by atoms with E-state index in [9.17, 15) is 24.3 Å². The predicted molar refractivity (Wildman–Crippen MR) is 94.8 cm³/mol. The molecule has 0 aliphatic carbocycles. The summed E-state index contributed by atoms with van der Waals surface area (Å²) in [6.45, 7) is 1.91. The van der Waals surface area contributed by atoms with E-state index in [0.717, 1.165) is 5.56 Å². The third kappa shape index (κ3) is 3.72. The van der Waals surface area contributed by atoms with Gasteiger partial charge in [0.1, 0.15) is 0 Å². The molecule has 3 amide bonds. The van der Waals surface area contributed by atoms with Gasteiger partial charge in [-0.1, -0.05) is 29.8 Å². The Morgan fingerprint density at radius 1 is 1.00 bits per heavy atom. The summed E-state index contributed by atoms with van der Waals surface area (Å²) in [7, 11) is 0. The van der Waals surface area contributed by atoms with Crippen LogP contribution in [0.5, 0.6) is 0 Å². The number of nitrogens with one attached hydrogen (secondary N) is 1. The van der Waals surface area contributed by atoms with E-state index < -0.39 is 29.7 Å². The van der Waals surface area contributed by atoms with Gasteiger partial charge < -0.3 is 15.2 Å². The van der Waals surface area contributed by atoms with Gasteiger partial charge in [-0.3, -0.25) is 19.3 Å². The van der Waals surface area contributed by atoms with Crippen molar-refractivity contribution < 1.29 is 24.3 Å². The molecule has 0 bridgehead atoms. The van der Waals surface area contributed by atoms with Crippen molar-refractivity contribution in [1.82, 2.24) is 4.90 Å². The van der Waals surface area contributed by atoms with Crippen LogP contribution < -0.4 is 10.4 Å². The number of nitrogens with zero attached hydrogens (tertiary/aromatic N) is 1. The number of carbonyl (C=O) groups is 4. The van der Waals surface area contributed by atoms with Gasteiger partial charge in [0.2, 0.25) is 5.91 Å². The number of hydrogen-bond acceptors (Lipinski definition) is 5. The van der Waals surface area contributed by atoms with Crippen molar-refractivity contribution in [2.75, 3.05) is 5.32 Å². The van der Waals surface area contributed by atoms with Crippen LogP contribution in [0.2, 0.25) is 0 Å². The van der Waals surface area contributed by atoms with Crippen molar-refractivity contribution in [1.29, 1.82) is 0 Å². The lowest BCUT2D eigenvalue weighted by Gasteiger charge is -2.26. The smallest absolute Gasteiger partial charge is 0.262 e. The Labute approximate surface area is 155 Å². The normalized spacial score (nSPS) is 14.0. The van der Waals surface area contributed by atoms with Crippen LogP contribution in [0.15, 0.2) is 48.5 Å². The van der Waals surface area contributed by atoms with Gasteiger partial charge in [-0.15, -0.1) is 0 Å². The molecule has 27 heavy (non-hydrogen) atoms. The molecule has 138 valence electrons. The number of carbonyl (C=O) groups excluding carboxylic acids is 4. The number of carboxylic acid groups (broad SMARTS) is 1. The molecule has 2 aromatic rings. The first-order chi connectivity index (χ1) is 12.9. The van der Waals surface area contributed by atoms with Crippen molar-refractivity contribution in [2.24, 2.45) is 0 Å². The minimum absolute atomic E-state index is 0.151. The first-order valence-electron chi connectivity index (χ1n) is 8.43. The van der Waals surface area contributed by atoms with Gasteiger partial charge in [-0.2, -0.15) is 0 Å². The monoisotopic (exact) mass is 365 g/mol. The molecule has 0 saturated carbocycles. The summed E-state index contributed by atoms with van der Waals surface area (Å²) in [6, 6.07) is 11.7. The summed E-state index contributed by atoms with van der Waals surface area (Å²) in [5.41, 5.74) is 1.92. The predicted octanol–water partition coefficient (Wildman–Crippen LogP) is 1.13. The largest absolute Gasteiger partial charge is 0.548 e. The Bertz CT molecular complexity index is 885. The minimum Gasteiger partial charge on any atom is -0.548 e. The van der Waals surface area contributed by atoms with E-state index >= 15 is 0 Å². The molecular formula is C20H17N2O5-. The summed E-state index contributed by atoms with van der Waals surface area (Å²) < 4.78 is 0. The van der Waals surface area contributed by atoms with E-state index in [1.54, 1.807) is 24.3 Å². The number of carboxylic acids is 1. The molecule has 7 heteroatoms. The Kier molecular flexibility index (Phi) is 5.03. The van der Waals surface area contributed by atoms with Crippen molar-refractivity contribution in [3.63, 3.8) is 0 Å². The maximum absolute atomic E-state index is 12.4. The highest BCUT2D eigenvalue weighted by atomic mass is 16.4. The number of imide groups is 1. The first-order valence-corrected chi connectivity index (χ1v) is 8.43. The molecule has 7 nitrogen and oxygen atoms in total. The molecule has 0 radical (unpaired) electrons. The summed E-state index contributed by atoms with van der Waals surface area (Å²) in [4.78, 5) is 49.2. The Morgan fingerprint density at radius 3 is 2.07 bits per heavy atom. The lowest BCUT2D eigenvalue weighted by atomic mass is 10.1. The zero-order chi connectivity index (χ0) is 19.6. The topological polar surface area (TPSA) is 107 Å². The Hall–Kier alpha value is -3.48. The summed E-state index contributed by atoms with van der Waals surface area (Å²) >= 11 is 0. The lowest BCUT2D eigenvalue weighted by molar-refractivity contribution is -0.310. The zero-order valence-corrected chi connectivity index (χ0v) is 14.6. The standard InChI is InChI=1S/C20H18N2O5/c1-12-6-8-13(9-7-12)21-17(23)11-10-16(20(26)27)22-18(24)14-4-2-3-5-15(14)19(22)25/h2-9,16H,10-11H2,1H3,(H,21,23)(H,26,27)/p-1/t16-/m0/s1. The fourth-order valence-electron chi connectivity index (χ4n) is 2.97. The van der Waals surface area contributed by atoms with E-state index in [1.807, 2.05) is 19.1 Å².